The van der Waals surface area contributed by atoms with Gasteiger partial charge in [-0.05, 0) is 29.8 Å². The maximum atomic E-state index is 13.6. The average Bonchev–Trinajstić information content (AvgIpc) is 2.37. The molecule has 20 heavy (non-hydrogen) atoms. The molecule has 104 valence electrons. The minimum atomic E-state index is -1.41. The summed E-state index contributed by atoms with van der Waals surface area (Å²) in [5.74, 6) is -4.16. The Morgan fingerprint density at radius 2 is 1.85 bits per heavy atom. The number of hydrogen-bond donors (Lipinski definition) is 1. The van der Waals surface area contributed by atoms with Gasteiger partial charge < -0.3 is 9.84 Å². The monoisotopic (exact) mass is 298 g/mol. The van der Waals surface area contributed by atoms with E-state index < -0.39 is 28.9 Å². The standard InChI is InChI=1S/C14H9ClF2O3/c15-10-3-1-2-8(4-10)7-20-13-11(16)5-9(14(18)19)6-12(13)17/h1-6H,7H2,(H,18,19). The molecule has 2 rings (SSSR count). The Morgan fingerprint density at radius 3 is 2.40 bits per heavy atom. The van der Waals surface area contributed by atoms with Crippen molar-refractivity contribution in [1.29, 1.82) is 0 Å². The molecule has 0 radical (unpaired) electrons. The van der Waals surface area contributed by atoms with E-state index in [9.17, 15) is 13.6 Å². The second-order valence-corrected chi connectivity index (χ2v) is 4.43. The summed E-state index contributed by atoms with van der Waals surface area (Å²) < 4.78 is 32.2. The number of carbonyl (C=O) groups is 1. The fraction of sp³-hybridized carbons (Fsp3) is 0.0714. The molecule has 0 aliphatic rings. The van der Waals surface area contributed by atoms with Crippen LogP contribution in [0.4, 0.5) is 8.78 Å². The van der Waals surface area contributed by atoms with Crippen LogP contribution in [-0.4, -0.2) is 11.1 Å². The first kappa shape index (κ1) is 14.3. The number of benzene rings is 2. The molecule has 0 aliphatic heterocycles. The molecule has 0 unspecified atom stereocenters. The fourth-order valence-corrected chi connectivity index (χ4v) is 1.82. The summed E-state index contributed by atoms with van der Waals surface area (Å²) in [6.45, 7) is -0.0825. The highest BCUT2D eigenvalue weighted by Gasteiger charge is 2.16. The molecule has 0 bridgehead atoms. The number of rotatable bonds is 4. The number of carboxylic acid groups (broad SMARTS) is 1. The van der Waals surface area contributed by atoms with Crippen molar-refractivity contribution in [2.45, 2.75) is 6.61 Å². The number of aromatic carboxylic acids is 1. The van der Waals surface area contributed by atoms with E-state index in [2.05, 4.69) is 0 Å². The van der Waals surface area contributed by atoms with Gasteiger partial charge in [0.15, 0.2) is 17.4 Å². The number of carboxylic acids is 1. The van der Waals surface area contributed by atoms with Crippen LogP contribution in [0.25, 0.3) is 0 Å². The van der Waals surface area contributed by atoms with Crippen molar-refractivity contribution in [2.75, 3.05) is 0 Å². The zero-order valence-corrected chi connectivity index (χ0v) is 10.8. The zero-order chi connectivity index (χ0) is 14.7. The van der Waals surface area contributed by atoms with Crippen LogP contribution in [0.5, 0.6) is 5.75 Å². The summed E-state index contributed by atoms with van der Waals surface area (Å²) in [4.78, 5) is 10.6. The Labute approximate surface area is 118 Å². The highest BCUT2D eigenvalue weighted by atomic mass is 35.5. The van der Waals surface area contributed by atoms with Crippen LogP contribution in [0, 0.1) is 11.6 Å². The largest absolute Gasteiger partial charge is 0.483 e. The molecule has 2 aromatic carbocycles. The van der Waals surface area contributed by atoms with Crippen LogP contribution in [0.2, 0.25) is 5.02 Å². The summed E-state index contributed by atoms with van der Waals surface area (Å²) >= 11 is 5.78. The van der Waals surface area contributed by atoms with Crippen molar-refractivity contribution in [3.63, 3.8) is 0 Å². The molecule has 0 fully saturated rings. The molecule has 0 aliphatic carbocycles. The van der Waals surface area contributed by atoms with E-state index in [1.54, 1.807) is 24.3 Å². The highest BCUT2D eigenvalue weighted by Crippen LogP contribution is 2.24. The molecule has 0 saturated carbocycles. The molecule has 0 spiro atoms. The third kappa shape index (κ3) is 3.24. The second-order valence-electron chi connectivity index (χ2n) is 3.99. The van der Waals surface area contributed by atoms with E-state index in [-0.39, 0.29) is 6.61 Å². The molecule has 3 nitrogen and oxygen atoms in total. The first-order valence-electron chi connectivity index (χ1n) is 5.57. The van der Waals surface area contributed by atoms with Gasteiger partial charge in [0.25, 0.3) is 0 Å². The smallest absolute Gasteiger partial charge is 0.335 e. The number of halogens is 3. The molecular formula is C14H9ClF2O3. The molecule has 0 saturated heterocycles. The summed E-state index contributed by atoms with van der Waals surface area (Å²) in [7, 11) is 0. The van der Waals surface area contributed by atoms with Crippen molar-refractivity contribution < 1.29 is 23.4 Å². The minimum absolute atomic E-state index is 0.0825. The molecule has 0 atom stereocenters. The first-order chi connectivity index (χ1) is 9.47. The van der Waals surface area contributed by atoms with Crippen LogP contribution in [0.3, 0.4) is 0 Å². The molecule has 2 aromatic rings. The summed E-state index contributed by atoms with van der Waals surface area (Å²) in [6.07, 6.45) is 0. The maximum absolute atomic E-state index is 13.6. The molecule has 1 N–H and O–H groups in total. The summed E-state index contributed by atoms with van der Waals surface area (Å²) in [5, 5.41) is 9.15. The van der Waals surface area contributed by atoms with Crippen LogP contribution >= 0.6 is 11.6 Å². The first-order valence-corrected chi connectivity index (χ1v) is 5.95. The third-order valence-electron chi connectivity index (χ3n) is 2.52. The van der Waals surface area contributed by atoms with Gasteiger partial charge in [-0.2, -0.15) is 0 Å². The van der Waals surface area contributed by atoms with Gasteiger partial charge >= 0.3 is 5.97 Å². The van der Waals surface area contributed by atoms with E-state index in [1.807, 2.05) is 0 Å². The van der Waals surface area contributed by atoms with Gasteiger partial charge in [-0.15, -0.1) is 0 Å². The Morgan fingerprint density at radius 1 is 1.20 bits per heavy atom. The van der Waals surface area contributed by atoms with Crippen LogP contribution in [0.15, 0.2) is 36.4 Å². The lowest BCUT2D eigenvalue weighted by Crippen LogP contribution is -2.04. The van der Waals surface area contributed by atoms with E-state index in [1.165, 1.54) is 0 Å². The van der Waals surface area contributed by atoms with E-state index >= 15 is 0 Å². The predicted octanol–water partition coefficient (Wildman–Crippen LogP) is 3.90. The number of ether oxygens (including phenoxy) is 1. The average molecular weight is 299 g/mol. The van der Waals surface area contributed by atoms with Crippen molar-refractivity contribution in [3.05, 3.63) is 64.2 Å². The van der Waals surface area contributed by atoms with Crippen LogP contribution < -0.4 is 4.74 Å². The molecule has 0 heterocycles. The lowest BCUT2D eigenvalue weighted by molar-refractivity contribution is 0.0695. The van der Waals surface area contributed by atoms with Gasteiger partial charge in [0.05, 0.1) is 5.56 Å². The minimum Gasteiger partial charge on any atom is -0.483 e. The third-order valence-corrected chi connectivity index (χ3v) is 2.75. The summed E-state index contributed by atoms with van der Waals surface area (Å²) in [6, 6.07) is 8.04. The van der Waals surface area contributed by atoms with Gasteiger partial charge in [-0.3, -0.25) is 0 Å². The van der Waals surface area contributed by atoms with E-state index in [0.29, 0.717) is 22.7 Å². The zero-order valence-electron chi connectivity index (χ0n) is 10.1. The lowest BCUT2D eigenvalue weighted by atomic mass is 10.2. The topological polar surface area (TPSA) is 46.5 Å². The van der Waals surface area contributed by atoms with Gasteiger partial charge in [-0.25, -0.2) is 13.6 Å². The molecule has 0 aromatic heterocycles. The van der Waals surface area contributed by atoms with Crippen molar-refractivity contribution in [1.82, 2.24) is 0 Å². The predicted molar refractivity (Wildman–Crippen MR) is 69.1 cm³/mol. The summed E-state index contributed by atoms with van der Waals surface area (Å²) in [5.41, 5.74) is 0.161. The van der Waals surface area contributed by atoms with Crippen LogP contribution in [-0.2, 0) is 6.61 Å². The van der Waals surface area contributed by atoms with Crippen LogP contribution in [0.1, 0.15) is 15.9 Å². The van der Waals surface area contributed by atoms with Gasteiger partial charge in [0, 0.05) is 5.02 Å². The quantitative estimate of drug-likeness (QED) is 0.931. The normalized spacial score (nSPS) is 10.3. The Kier molecular flexibility index (Phi) is 4.20. The Balaban J connectivity index is 2.20. The number of hydrogen-bond acceptors (Lipinski definition) is 2. The molecule has 0 amide bonds. The van der Waals surface area contributed by atoms with Crippen molar-refractivity contribution in [2.24, 2.45) is 0 Å². The maximum Gasteiger partial charge on any atom is 0.335 e. The Bertz CT molecular complexity index is 636. The van der Waals surface area contributed by atoms with Gasteiger partial charge in [-0.1, -0.05) is 23.7 Å². The molecular weight excluding hydrogens is 290 g/mol. The Hall–Kier alpha value is -2.14. The lowest BCUT2D eigenvalue weighted by Gasteiger charge is -2.09. The second kappa shape index (κ2) is 5.88. The van der Waals surface area contributed by atoms with Gasteiger partial charge in [0.1, 0.15) is 6.61 Å². The van der Waals surface area contributed by atoms with E-state index in [4.69, 9.17) is 21.4 Å². The van der Waals surface area contributed by atoms with Gasteiger partial charge in [0.2, 0.25) is 0 Å². The van der Waals surface area contributed by atoms with Crippen molar-refractivity contribution in [3.8, 4) is 5.75 Å². The van der Waals surface area contributed by atoms with Crippen molar-refractivity contribution >= 4 is 17.6 Å². The van der Waals surface area contributed by atoms with E-state index in [0.717, 1.165) is 0 Å². The molecule has 6 heteroatoms. The fourth-order valence-electron chi connectivity index (χ4n) is 1.60. The highest BCUT2D eigenvalue weighted by molar-refractivity contribution is 6.30. The SMILES string of the molecule is O=C(O)c1cc(F)c(OCc2cccc(Cl)c2)c(F)c1.